The summed E-state index contributed by atoms with van der Waals surface area (Å²) in [5, 5.41) is 7.67. The predicted molar refractivity (Wildman–Crippen MR) is 133 cm³/mol. The van der Waals surface area contributed by atoms with E-state index in [0.29, 0.717) is 11.3 Å². The number of amides is 4. The van der Waals surface area contributed by atoms with Crippen molar-refractivity contribution in [2.45, 2.75) is 32.4 Å². The first-order valence-electron chi connectivity index (χ1n) is 11.2. The minimum absolute atomic E-state index is 0.346. The fourth-order valence-corrected chi connectivity index (χ4v) is 5.38. The van der Waals surface area contributed by atoms with Gasteiger partial charge in [-0.2, -0.15) is 0 Å². The van der Waals surface area contributed by atoms with E-state index in [1.807, 2.05) is 66.8 Å². The molecule has 2 aromatic carbocycles. The summed E-state index contributed by atoms with van der Waals surface area (Å²) in [4.78, 5) is 43.0. The Morgan fingerprint density at radius 1 is 1.09 bits per heavy atom. The first kappa shape index (κ1) is 22.2. The Hall–Kier alpha value is -3.65. The minimum Gasteiger partial charge on any atom is -0.367 e. The van der Waals surface area contributed by atoms with Gasteiger partial charge in [-0.25, -0.2) is 4.79 Å². The highest BCUT2D eigenvalue weighted by Gasteiger charge is 2.49. The van der Waals surface area contributed by atoms with E-state index in [-0.39, 0.29) is 6.54 Å². The lowest BCUT2D eigenvalue weighted by atomic mass is 9.91. The zero-order chi connectivity index (χ0) is 23.9. The number of rotatable bonds is 5. The number of imide groups is 1. The van der Waals surface area contributed by atoms with Crippen molar-refractivity contribution in [1.82, 2.24) is 10.2 Å². The van der Waals surface area contributed by atoms with Gasteiger partial charge in [-0.3, -0.25) is 14.5 Å². The average molecular weight is 475 g/mol. The standard InChI is InChI=1S/C26H26N4O3S/c1-17-3-5-19(6-4-17)26(2)24(32)30(25(33)28-26)16-23(31)27-20-7-9-21(10-8-20)29-13-11-22-18(15-29)12-14-34-22/h3-10,12,14H,11,13,15-16H2,1-2H3,(H,27,31)(H,28,33). The number of nitrogens with zero attached hydrogens (tertiary/aromatic N) is 2. The molecule has 174 valence electrons. The molecule has 0 aliphatic carbocycles. The number of hydrogen-bond donors (Lipinski definition) is 2. The quantitative estimate of drug-likeness (QED) is 0.547. The Morgan fingerprint density at radius 3 is 2.56 bits per heavy atom. The van der Waals surface area contributed by atoms with E-state index in [4.69, 9.17) is 0 Å². The monoisotopic (exact) mass is 474 g/mol. The molecule has 2 aliphatic rings. The van der Waals surface area contributed by atoms with Crippen molar-refractivity contribution in [3.05, 3.63) is 81.5 Å². The van der Waals surface area contributed by atoms with Crippen LogP contribution in [0, 0.1) is 6.92 Å². The second-order valence-electron chi connectivity index (χ2n) is 8.95. The van der Waals surface area contributed by atoms with E-state index in [1.165, 1.54) is 10.4 Å². The molecule has 1 fully saturated rings. The maximum atomic E-state index is 13.1. The molecule has 3 heterocycles. The second-order valence-corrected chi connectivity index (χ2v) is 9.95. The van der Waals surface area contributed by atoms with Crippen LogP contribution in [0.1, 0.15) is 28.5 Å². The van der Waals surface area contributed by atoms with Gasteiger partial charge in [0.05, 0.1) is 0 Å². The van der Waals surface area contributed by atoms with E-state index in [9.17, 15) is 14.4 Å². The van der Waals surface area contributed by atoms with Gasteiger partial charge in [0.25, 0.3) is 5.91 Å². The number of aryl methyl sites for hydroxylation is 1. The number of fused-ring (bicyclic) bond motifs is 1. The summed E-state index contributed by atoms with van der Waals surface area (Å²) in [7, 11) is 0. The van der Waals surface area contributed by atoms with Gasteiger partial charge in [0.2, 0.25) is 5.91 Å². The zero-order valence-corrected chi connectivity index (χ0v) is 19.9. The van der Waals surface area contributed by atoms with Crippen molar-refractivity contribution in [1.29, 1.82) is 0 Å². The Morgan fingerprint density at radius 2 is 1.82 bits per heavy atom. The van der Waals surface area contributed by atoms with Crippen molar-refractivity contribution < 1.29 is 14.4 Å². The van der Waals surface area contributed by atoms with E-state index >= 15 is 0 Å². The van der Waals surface area contributed by atoms with Crippen molar-refractivity contribution >= 4 is 40.6 Å². The molecule has 0 saturated carbocycles. The first-order chi connectivity index (χ1) is 16.3. The molecule has 1 atom stereocenters. The Balaban J connectivity index is 1.22. The number of thiophene rings is 1. The smallest absolute Gasteiger partial charge is 0.325 e. The molecule has 8 heteroatoms. The molecule has 0 spiro atoms. The minimum atomic E-state index is -1.19. The third-order valence-electron chi connectivity index (χ3n) is 6.53. The molecule has 3 aromatic rings. The fourth-order valence-electron chi connectivity index (χ4n) is 4.49. The summed E-state index contributed by atoms with van der Waals surface area (Å²) in [6.45, 7) is 5.12. The topological polar surface area (TPSA) is 81.8 Å². The van der Waals surface area contributed by atoms with E-state index < -0.39 is 23.4 Å². The normalized spacial score (nSPS) is 19.7. The molecule has 5 rings (SSSR count). The van der Waals surface area contributed by atoms with Gasteiger partial charge < -0.3 is 15.5 Å². The number of hydrogen-bond acceptors (Lipinski definition) is 5. The van der Waals surface area contributed by atoms with Crippen LogP contribution in [0.4, 0.5) is 16.2 Å². The Kier molecular flexibility index (Phi) is 5.61. The van der Waals surface area contributed by atoms with Crippen molar-refractivity contribution in [3.63, 3.8) is 0 Å². The molecular weight excluding hydrogens is 448 g/mol. The molecule has 1 saturated heterocycles. The van der Waals surface area contributed by atoms with Gasteiger partial charge in [0.1, 0.15) is 12.1 Å². The fraction of sp³-hybridized carbons (Fsp3) is 0.269. The third-order valence-corrected chi connectivity index (χ3v) is 7.55. The van der Waals surface area contributed by atoms with Gasteiger partial charge >= 0.3 is 6.03 Å². The number of anilines is 2. The summed E-state index contributed by atoms with van der Waals surface area (Å²) in [5.74, 6) is -0.866. The van der Waals surface area contributed by atoms with Crippen LogP contribution in [0.2, 0.25) is 0 Å². The summed E-state index contributed by atoms with van der Waals surface area (Å²) in [5.41, 5.74) is 3.64. The van der Waals surface area contributed by atoms with Crippen LogP contribution in [0.15, 0.2) is 60.0 Å². The molecule has 2 aliphatic heterocycles. The van der Waals surface area contributed by atoms with Gasteiger partial charge in [0.15, 0.2) is 0 Å². The van der Waals surface area contributed by atoms with Gasteiger partial charge in [0, 0.05) is 29.3 Å². The zero-order valence-electron chi connectivity index (χ0n) is 19.1. The van der Waals surface area contributed by atoms with Gasteiger partial charge in [-0.15, -0.1) is 11.3 Å². The second kappa shape index (κ2) is 8.61. The Labute approximate surface area is 202 Å². The SMILES string of the molecule is Cc1ccc(C2(C)NC(=O)N(CC(=O)Nc3ccc(N4CCc5sccc5C4)cc3)C2=O)cc1. The maximum Gasteiger partial charge on any atom is 0.325 e. The van der Waals surface area contributed by atoms with Crippen molar-refractivity contribution in [3.8, 4) is 0 Å². The van der Waals surface area contributed by atoms with Crippen LogP contribution < -0.4 is 15.5 Å². The lowest BCUT2D eigenvalue weighted by molar-refractivity contribution is -0.133. The number of carbonyl (C=O) groups excluding carboxylic acids is 3. The summed E-state index contributed by atoms with van der Waals surface area (Å²) in [6.07, 6.45) is 1.04. The van der Waals surface area contributed by atoms with Crippen molar-refractivity contribution in [2.75, 3.05) is 23.3 Å². The largest absolute Gasteiger partial charge is 0.367 e. The number of urea groups is 1. The van der Waals surface area contributed by atoms with Crippen LogP contribution in [0.3, 0.4) is 0 Å². The van der Waals surface area contributed by atoms with Crippen molar-refractivity contribution in [2.24, 2.45) is 0 Å². The number of carbonyl (C=O) groups is 3. The predicted octanol–water partition coefficient (Wildman–Crippen LogP) is 4.02. The highest BCUT2D eigenvalue weighted by molar-refractivity contribution is 7.10. The van der Waals surface area contributed by atoms with Crippen LogP contribution in [-0.2, 0) is 28.1 Å². The number of nitrogens with one attached hydrogen (secondary N) is 2. The maximum absolute atomic E-state index is 13.1. The van der Waals surface area contributed by atoms with E-state index in [1.54, 1.807) is 6.92 Å². The third kappa shape index (κ3) is 4.05. The Bertz CT molecular complexity index is 1250. The molecule has 4 amide bonds. The highest BCUT2D eigenvalue weighted by Crippen LogP contribution is 2.30. The molecule has 1 unspecified atom stereocenters. The lowest BCUT2D eigenvalue weighted by Gasteiger charge is -2.29. The van der Waals surface area contributed by atoms with Gasteiger partial charge in [-0.1, -0.05) is 29.8 Å². The van der Waals surface area contributed by atoms with E-state index in [2.05, 4.69) is 27.0 Å². The summed E-state index contributed by atoms with van der Waals surface area (Å²) >= 11 is 1.81. The van der Waals surface area contributed by atoms with E-state index in [0.717, 1.165) is 35.7 Å². The van der Waals surface area contributed by atoms with Gasteiger partial charge in [-0.05, 0) is 67.1 Å². The summed E-state index contributed by atoms with van der Waals surface area (Å²) < 4.78 is 0. The van der Waals surface area contributed by atoms with Crippen LogP contribution in [0.5, 0.6) is 0 Å². The molecule has 7 nitrogen and oxygen atoms in total. The molecule has 34 heavy (non-hydrogen) atoms. The molecule has 1 aromatic heterocycles. The number of benzene rings is 2. The molecular formula is C26H26N4O3S. The highest BCUT2D eigenvalue weighted by atomic mass is 32.1. The molecule has 0 radical (unpaired) electrons. The molecule has 0 bridgehead atoms. The first-order valence-corrected chi connectivity index (χ1v) is 12.1. The summed E-state index contributed by atoms with van der Waals surface area (Å²) in [6, 6.07) is 16.7. The van der Waals surface area contributed by atoms with Crippen LogP contribution in [0.25, 0.3) is 0 Å². The average Bonchev–Trinajstić information content (AvgIpc) is 3.38. The van der Waals surface area contributed by atoms with Crippen LogP contribution in [-0.4, -0.2) is 35.8 Å². The lowest BCUT2D eigenvalue weighted by Crippen LogP contribution is -2.42. The molecule has 2 N–H and O–H groups in total. The van der Waals surface area contributed by atoms with Crippen LogP contribution >= 0.6 is 11.3 Å².